The van der Waals surface area contributed by atoms with E-state index in [1.165, 1.54) is 12.1 Å². The van der Waals surface area contributed by atoms with Crippen LogP contribution in [0.2, 0.25) is 0 Å². The fourth-order valence-corrected chi connectivity index (χ4v) is 3.02. The first kappa shape index (κ1) is 14.9. The molecule has 0 amide bonds. The van der Waals surface area contributed by atoms with Crippen LogP contribution in [0, 0.1) is 15.2 Å². The predicted octanol–water partition coefficient (Wildman–Crippen LogP) is 4.64. The van der Waals surface area contributed by atoms with Crippen LogP contribution in [0.15, 0.2) is 40.9 Å². The van der Waals surface area contributed by atoms with Gasteiger partial charge in [-0.25, -0.2) is 8.78 Å². The van der Waals surface area contributed by atoms with Gasteiger partial charge in [-0.3, -0.25) is 0 Å². The van der Waals surface area contributed by atoms with Crippen LogP contribution in [0.25, 0.3) is 0 Å². The summed E-state index contributed by atoms with van der Waals surface area (Å²) in [5.41, 5.74) is 0.877. The molecule has 0 fully saturated rings. The van der Waals surface area contributed by atoms with E-state index < -0.39 is 17.7 Å². The molecule has 1 unspecified atom stereocenters. The van der Waals surface area contributed by atoms with Gasteiger partial charge in [0.2, 0.25) is 0 Å². The lowest BCUT2D eigenvalue weighted by atomic mass is 9.98. The maximum Gasteiger partial charge on any atom is 0.145 e. The molecule has 19 heavy (non-hydrogen) atoms. The van der Waals surface area contributed by atoms with Gasteiger partial charge < -0.3 is 5.32 Å². The van der Waals surface area contributed by atoms with Crippen molar-refractivity contribution in [1.82, 2.24) is 5.32 Å². The van der Waals surface area contributed by atoms with Crippen molar-refractivity contribution in [2.75, 3.05) is 7.05 Å². The van der Waals surface area contributed by atoms with Gasteiger partial charge in [0, 0.05) is 9.13 Å². The first-order chi connectivity index (χ1) is 9.06. The molecule has 0 aliphatic rings. The summed E-state index contributed by atoms with van der Waals surface area (Å²) < 4.78 is 29.4. The highest BCUT2D eigenvalue weighted by molar-refractivity contribution is 14.1. The minimum Gasteiger partial charge on any atom is -0.309 e. The van der Waals surface area contributed by atoms with Crippen molar-refractivity contribution in [1.29, 1.82) is 0 Å². The second-order valence-electron chi connectivity index (χ2n) is 4.00. The molecule has 0 bridgehead atoms. The van der Waals surface area contributed by atoms with Gasteiger partial charge in [-0.15, -0.1) is 0 Å². The third kappa shape index (κ3) is 2.98. The topological polar surface area (TPSA) is 12.0 Å². The maximum absolute atomic E-state index is 14.2. The maximum atomic E-state index is 14.2. The zero-order chi connectivity index (χ0) is 14.0. The first-order valence-corrected chi connectivity index (χ1v) is 7.48. The van der Waals surface area contributed by atoms with E-state index in [9.17, 15) is 8.78 Å². The average Bonchev–Trinajstić information content (AvgIpc) is 2.40. The third-order valence-corrected chi connectivity index (χ3v) is 4.47. The average molecular weight is 438 g/mol. The van der Waals surface area contributed by atoms with Crippen LogP contribution in [0.1, 0.15) is 17.2 Å². The van der Waals surface area contributed by atoms with Gasteiger partial charge in [0.15, 0.2) is 0 Å². The normalized spacial score (nSPS) is 12.5. The van der Waals surface area contributed by atoms with Crippen molar-refractivity contribution >= 4 is 38.5 Å². The summed E-state index contributed by atoms with van der Waals surface area (Å²) in [6, 6.07) is 9.64. The van der Waals surface area contributed by atoms with Crippen LogP contribution in [0.4, 0.5) is 8.78 Å². The smallest absolute Gasteiger partial charge is 0.145 e. The van der Waals surface area contributed by atoms with Crippen LogP contribution in [-0.2, 0) is 0 Å². The molecule has 2 rings (SSSR count). The number of hydrogen-bond acceptors (Lipinski definition) is 1. The summed E-state index contributed by atoms with van der Waals surface area (Å²) in [4.78, 5) is 0. The molecule has 0 aliphatic carbocycles. The molecule has 2 aromatic rings. The standard InChI is InChI=1S/C14H11BrF2IN/c1-19-14(8-4-2-3-5-11(8)18)12-10(16)7-6-9(15)13(12)17/h2-7,14,19H,1H3. The molecule has 100 valence electrons. The van der Waals surface area contributed by atoms with E-state index >= 15 is 0 Å². The van der Waals surface area contributed by atoms with Crippen molar-refractivity contribution in [2.24, 2.45) is 0 Å². The van der Waals surface area contributed by atoms with E-state index in [1.54, 1.807) is 7.05 Å². The Kier molecular flexibility index (Phi) is 4.92. The van der Waals surface area contributed by atoms with Crippen molar-refractivity contribution in [3.8, 4) is 0 Å². The minimum atomic E-state index is -0.570. The molecule has 1 nitrogen and oxygen atoms in total. The number of nitrogens with one attached hydrogen (secondary N) is 1. The molecular formula is C14H11BrF2IN. The summed E-state index contributed by atoms with van der Waals surface area (Å²) in [5, 5.41) is 2.98. The lowest BCUT2D eigenvalue weighted by molar-refractivity contribution is 0.518. The van der Waals surface area contributed by atoms with E-state index in [4.69, 9.17) is 0 Å². The van der Waals surface area contributed by atoms with Crippen LogP contribution < -0.4 is 5.32 Å². The number of halogens is 4. The van der Waals surface area contributed by atoms with Crippen LogP contribution in [0.3, 0.4) is 0 Å². The Morgan fingerprint density at radius 3 is 2.47 bits per heavy atom. The number of benzene rings is 2. The third-order valence-electron chi connectivity index (χ3n) is 2.87. The Labute approximate surface area is 132 Å². The number of rotatable bonds is 3. The van der Waals surface area contributed by atoms with Crippen molar-refractivity contribution < 1.29 is 8.78 Å². The second kappa shape index (κ2) is 6.28. The molecular weight excluding hydrogens is 427 g/mol. The molecule has 2 aromatic carbocycles. The summed E-state index contributed by atoms with van der Waals surface area (Å²) in [5.74, 6) is -1.13. The molecule has 5 heteroatoms. The van der Waals surface area contributed by atoms with Crippen LogP contribution >= 0.6 is 38.5 Å². The van der Waals surface area contributed by atoms with Gasteiger partial charge in [0.05, 0.1) is 10.5 Å². The molecule has 1 N–H and O–H groups in total. The van der Waals surface area contributed by atoms with E-state index in [2.05, 4.69) is 43.8 Å². The largest absolute Gasteiger partial charge is 0.309 e. The van der Waals surface area contributed by atoms with Gasteiger partial charge in [0.1, 0.15) is 11.6 Å². The van der Waals surface area contributed by atoms with Crippen molar-refractivity contribution in [3.05, 3.63) is 67.2 Å². The Morgan fingerprint density at radius 1 is 1.16 bits per heavy atom. The van der Waals surface area contributed by atoms with Gasteiger partial charge in [-0.2, -0.15) is 0 Å². The lowest BCUT2D eigenvalue weighted by Crippen LogP contribution is -2.21. The van der Waals surface area contributed by atoms with Gasteiger partial charge >= 0.3 is 0 Å². The predicted molar refractivity (Wildman–Crippen MR) is 84.1 cm³/mol. The molecule has 0 aliphatic heterocycles. The molecule has 1 atom stereocenters. The Bertz CT molecular complexity index is 604. The van der Waals surface area contributed by atoms with E-state index in [0.717, 1.165) is 9.13 Å². The highest BCUT2D eigenvalue weighted by atomic mass is 127. The Hall–Kier alpha value is -0.530. The quantitative estimate of drug-likeness (QED) is 0.544. The molecule has 0 heterocycles. The highest BCUT2D eigenvalue weighted by Gasteiger charge is 2.23. The van der Waals surface area contributed by atoms with E-state index in [0.29, 0.717) is 0 Å². The zero-order valence-corrected chi connectivity index (χ0v) is 13.8. The minimum absolute atomic E-state index is 0.0287. The monoisotopic (exact) mass is 437 g/mol. The van der Waals surface area contributed by atoms with Crippen molar-refractivity contribution in [2.45, 2.75) is 6.04 Å². The Morgan fingerprint density at radius 2 is 1.84 bits per heavy atom. The van der Waals surface area contributed by atoms with Crippen molar-refractivity contribution in [3.63, 3.8) is 0 Å². The van der Waals surface area contributed by atoms with Crippen LogP contribution in [0.5, 0.6) is 0 Å². The van der Waals surface area contributed by atoms with Gasteiger partial charge in [0.25, 0.3) is 0 Å². The lowest BCUT2D eigenvalue weighted by Gasteiger charge is -2.20. The SMILES string of the molecule is CNC(c1ccccc1I)c1c(F)ccc(Br)c1F. The van der Waals surface area contributed by atoms with E-state index in [-0.39, 0.29) is 10.0 Å². The van der Waals surface area contributed by atoms with Gasteiger partial charge in [-0.1, -0.05) is 18.2 Å². The summed E-state index contributed by atoms with van der Waals surface area (Å²) in [7, 11) is 1.69. The highest BCUT2D eigenvalue weighted by Crippen LogP contribution is 2.32. The fraction of sp³-hybridized carbons (Fsp3) is 0.143. The van der Waals surface area contributed by atoms with Gasteiger partial charge in [-0.05, 0) is 69.3 Å². The first-order valence-electron chi connectivity index (χ1n) is 5.61. The summed E-state index contributed by atoms with van der Waals surface area (Å²) >= 11 is 5.26. The molecule has 0 radical (unpaired) electrons. The molecule has 0 saturated heterocycles. The fourth-order valence-electron chi connectivity index (χ4n) is 1.97. The zero-order valence-electron chi connectivity index (χ0n) is 10.1. The van der Waals surface area contributed by atoms with Crippen LogP contribution in [-0.4, -0.2) is 7.05 Å². The summed E-state index contributed by atoms with van der Waals surface area (Å²) in [6.07, 6.45) is 0. The molecule has 0 saturated carbocycles. The molecule has 0 spiro atoms. The number of hydrogen-bond donors (Lipinski definition) is 1. The summed E-state index contributed by atoms with van der Waals surface area (Å²) in [6.45, 7) is 0. The molecule has 0 aromatic heterocycles. The van der Waals surface area contributed by atoms with E-state index in [1.807, 2.05) is 24.3 Å². The Balaban J connectivity index is 2.61. The second-order valence-corrected chi connectivity index (χ2v) is 6.02.